The lowest BCUT2D eigenvalue weighted by Gasteiger charge is -2.34. The molecule has 0 bridgehead atoms. The van der Waals surface area contributed by atoms with E-state index in [0.29, 0.717) is 30.2 Å². The molecule has 1 atom stereocenters. The summed E-state index contributed by atoms with van der Waals surface area (Å²) in [5, 5.41) is 0. The van der Waals surface area contributed by atoms with Crippen molar-refractivity contribution in [3.8, 4) is 5.75 Å². The molecule has 1 heterocycles. The number of hydrogen-bond donors (Lipinski definition) is 1. The van der Waals surface area contributed by atoms with E-state index in [0.717, 1.165) is 25.9 Å². The van der Waals surface area contributed by atoms with Crippen LogP contribution in [-0.4, -0.2) is 43.2 Å². The van der Waals surface area contributed by atoms with Gasteiger partial charge in [-0.2, -0.15) is 0 Å². The van der Waals surface area contributed by atoms with E-state index < -0.39 is 0 Å². The zero-order valence-corrected chi connectivity index (χ0v) is 17.3. The van der Waals surface area contributed by atoms with Crippen LogP contribution in [0.25, 0.3) is 0 Å². The molecule has 2 N–H and O–H groups in total. The predicted molar refractivity (Wildman–Crippen MR) is 116 cm³/mol. The molecular weight excluding hydrogens is 364 g/mol. The first-order chi connectivity index (χ1) is 14.2. The molecule has 0 radical (unpaired) electrons. The minimum Gasteiger partial charge on any atom is -0.491 e. The van der Waals surface area contributed by atoms with Crippen molar-refractivity contribution in [1.29, 1.82) is 0 Å². The molecule has 1 saturated heterocycles. The molecule has 5 nitrogen and oxygen atoms in total. The van der Waals surface area contributed by atoms with Crippen LogP contribution in [0.3, 0.4) is 0 Å². The van der Waals surface area contributed by atoms with E-state index in [1.807, 2.05) is 13.0 Å². The monoisotopic (exact) mass is 396 g/mol. The first-order valence-corrected chi connectivity index (χ1v) is 10.6. The summed E-state index contributed by atoms with van der Waals surface area (Å²) in [6.45, 7) is 5.10. The zero-order chi connectivity index (χ0) is 20.5. The van der Waals surface area contributed by atoms with Crippen molar-refractivity contribution in [2.24, 2.45) is 0 Å². The van der Waals surface area contributed by atoms with E-state index in [9.17, 15) is 4.79 Å². The van der Waals surface area contributed by atoms with Crippen LogP contribution in [0, 0.1) is 0 Å². The van der Waals surface area contributed by atoms with Gasteiger partial charge < -0.3 is 15.2 Å². The number of carbonyl (C=O) groups excluding carboxylic acids is 1. The molecule has 0 amide bonds. The van der Waals surface area contributed by atoms with Gasteiger partial charge in [0.1, 0.15) is 12.4 Å². The molecule has 0 unspecified atom stereocenters. The fourth-order valence-electron chi connectivity index (χ4n) is 3.72. The number of rotatable bonds is 9. The van der Waals surface area contributed by atoms with Crippen LogP contribution >= 0.6 is 0 Å². The summed E-state index contributed by atoms with van der Waals surface area (Å²) >= 11 is 0. The molecular formula is C24H32N2O3. The number of nitrogens with zero attached hydrogens (tertiary/aromatic N) is 1. The third kappa shape index (κ3) is 6.23. The second kappa shape index (κ2) is 10.9. The van der Waals surface area contributed by atoms with Crippen molar-refractivity contribution in [1.82, 2.24) is 4.90 Å². The fraction of sp³-hybridized carbons (Fsp3) is 0.458. The van der Waals surface area contributed by atoms with E-state index in [4.69, 9.17) is 15.2 Å². The maximum Gasteiger partial charge on any atom is 0.338 e. The van der Waals surface area contributed by atoms with Crippen molar-refractivity contribution in [2.75, 3.05) is 32.0 Å². The first-order valence-electron chi connectivity index (χ1n) is 10.6. The molecule has 3 rings (SSSR count). The topological polar surface area (TPSA) is 64.8 Å². The molecule has 0 aromatic heterocycles. The normalized spacial score (nSPS) is 15.6. The molecule has 0 aliphatic carbocycles. The number of benzene rings is 2. The molecule has 29 heavy (non-hydrogen) atoms. The van der Waals surface area contributed by atoms with Crippen LogP contribution in [-0.2, 0) is 11.2 Å². The van der Waals surface area contributed by atoms with Crippen molar-refractivity contribution in [2.45, 2.75) is 45.1 Å². The lowest BCUT2D eigenvalue weighted by Crippen LogP contribution is -2.43. The van der Waals surface area contributed by atoms with Crippen molar-refractivity contribution < 1.29 is 14.3 Å². The summed E-state index contributed by atoms with van der Waals surface area (Å²) in [6, 6.07) is 15.7. The number of ether oxygens (including phenoxy) is 2. The van der Waals surface area contributed by atoms with Gasteiger partial charge in [0.05, 0.1) is 17.9 Å². The molecule has 0 saturated carbocycles. The predicted octanol–water partition coefficient (Wildman–Crippen LogP) is 4.31. The van der Waals surface area contributed by atoms with Crippen molar-refractivity contribution in [3.05, 3.63) is 59.7 Å². The number of esters is 1. The zero-order valence-electron chi connectivity index (χ0n) is 17.3. The summed E-state index contributed by atoms with van der Waals surface area (Å²) in [7, 11) is 0. The molecule has 1 fully saturated rings. The van der Waals surface area contributed by atoms with Crippen LogP contribution in [0.15, 0.2) is 48.5 Å². The van der Waals surface area contributed by atoms with Gasteiger partial charge in [0.2, 0.25) is 0 Å². The van der Waals surface area contributed by atoms with Gasteiger partial charge in [-0.05, 0) is 62.5 Å². The van der Waals surface area contributed by atoms with Crippen LogP contribution in [0.4, 0.5) is 5.69 Å². The molecule has 5 heteroatoms. The highest BCUT2D eigenvalue weighted by molar-refractivity contribution is 5.90. The van der Waals surface area contributed by atoms with Gasteiger partial charge in [-0.25, -0.2) is 4.79 Å². The van der Waals surface area contributed by atoms with Crippen molar-refractivity contribution >= 4 is 11.7 Å². The molecule has 156 valence electrons. The van der Waals surface area contributed by atoms with Gasteiger partial charge in [-0.15, -0.1) is 0 Å². The van der Waals surface area contributed by atoms with E-state index in [-0.39, 0.29) is 12.0 Å². The SMILES string of the molecule is CCCOc1cc(C(=O)OC[C@H](Cc2ccccc2)N2CCCCC2)ccc1N. The third-order valence-electron chi connectivity index (χ3n) is 5.34. The minimum absolute atomic E-state index is 0.186. The van der Waals surface area contributed by atoms with Crippen LogP contribution in [0.5, 0.6) is 5.75 Å². The molecule has 1 aliphatic heterocycles. The molecule has 2 aromatic rings. The Kier molecular flexibility index (Phi) is 7.94. The maximum atomic E-state index is 12.7. The number of hydrogen-bond acceptors (Lipinski definition) is 5. The van der Waals surface area contributed by atoms with Crippen LogP contribution in [0.1, 0.15) is 48.5 Å². The Labute approximate surface area is 173 Å². The summed E-state index contributed by atoms with van der Waals surface area (Å²) in [4.78, 5) is 15.1. The molecule has 2 aromatic carbocycles. The number of anilines is 1. The third-order valence-corrected chi connectivity index (χ3v) is 5.34. The number of piperidine rings is 1. The Morgan fingerprint density at radius 1 is 1.10 bits per heavy atom. The quantitative estimate of drug-likeness (QED) is 0.505. The van der Waals surface area contributed by atoms with E-state index in [2.05, 4.69) is 29.2 Å². The Hall–Kier alpha value is -2.53. The smallest absolute Gasteiger partial charge is 0.338 e. The van der Waals surface area contributed by atoms with Gasteiger partial charge >= 0.3 is 5.97 Å². The van der Waals surface area contributed by atoms with Gasteiger partial charge in [-0.1, -0.05) is 43.7 Å². The summed E-state index contributed by atoms with van der Waals surface area (Å²) in [5.74, 6) is 0.208. The fourth-order valence-corrected chi connectivity index (χ4v) is 3.72. The lowest BCUT2D eigenvalue weighted by atomic mass is 10.0. The Morgan fingerprint density at radius 3 is 2.59 bits per heavy atom. The summed E-state index contributed by atoms with van der Waals surface area (Å²) < 4.78 is 11.4. The number of likely N-dealkylation sites (tertiary alicyclic amines) is 1. The van der Waals surface area contributed by atoms with E-state index >= 15 is 0 Å². The Morgan fingerprint density at radius 2 is 1.86 bits per heavy atom. The second-order valence-corrected chi connectivity index (χ2v) is 7.64. The van der Waals surface area contributed by atoms with Gasteiger partial charge in [0, 0.05) is 6.04 Å². The van der Waals surface area contributed by atoms with E-state index in [1.165, 1.54) is 24.8 Å². The number of nitrogens with two attached hydrogens (primary N) is 1. The average molecular weight is 397 g/mol. The number of nitrogen functional groups attached to an aromatic ring is 1. The highest BCUT2D eigenvalue weighted by Crippen LogP contribution is 2.24. The van der Waals surface area contributed by atoms with E-state index in [1.54, 1.807) is 18.2 Å². The van der Waals surface area contributed by atoms with Gasteiger partial charge in [0.15, 0.2) is 0 Å². The largest absolute Gasteiger partial charge is 0.491 e. The number of carbonyl (C=O) groups is 1. The van der Waals surface area contributed by atoms with Crippen molar-refractivity contribution in [3.63, 3.8) is 0 Å². The summed E-state index contributed by atoms with van der Waals surface area (Å²) in [6.07, 6.45) is 5.44. The Bertz CT molecular complexity index is 773. The highest BCUT2D eigenvalue weighted by atomic mass is 16.5. The molecule has 1 aliphatic rings. The summed E-state index contributed by atoms with van der Waals surface area (Å²) in [5.41, 5.74) is 8.22. The minimum atomic E-state index is -0.332. The Balaban J connectivity index is 1.65. The van der Waals surface area contributed by atoms with Crippen LogP contribution in [0.2, 0.25) is 0 Å². The lowest BCUT2D eigenvalue weighted by molar-refractivity contribution is 0.0320. The van der Waals surface area contributed by atoms with Crippen LogP contribution < -0.4 is 10.5 Å². The standard InChI is InChI=1S/C24H32N2O3/c1-2-15-28-23-17-20(11-12-22(23)25)24(27)29-18-21(26-13-7-4-8-14-26)16-19-9-5-3-6-10-19/h3,5-6,9-12,17,21H,2,4,7-8,13-16,18,25H2,1H3/t21-/m0/s1. The second-order valence-electron chi connectivity index (χ2n) is 7.64. The average Bonchev–Trinajstić information content (AvgIpc) is 2.77. The van der Waals surface area contributed by atoms with Gasteiger partial charge in [-0.3, -0.25) is 4.90 Å². The maximum absolute atomic E-state index is 12.7. The van der Waals surface area contributed by atoms with Gasteiger partial charge in [0.25, 0.3) is 0 Å². The molecule has 0 spiro atoms. The first kappa shape index (κ1) is 21.2. The highest BCUT2D eigenvalue weighted by Gasteiger charge is 2.23.